The van der Waals surface area contributed by atoms with E-state index in [0.29, 0.717) is 0 Å². The molecule has 0 unspecified atom stereocenters. The number of thiophene rings is 2. The summed E-state index contributed by atoms with van der Waals surface area (Å²) in [6.07, 6.45) is 0. The fourth-order valence-corrected chi connectivity index (χ4v) is 11.4. The first-order chi connectivity index (χ1) is 26.5. The van der Waals surface area contributed by atoms with Crippen LogP contribution in [0.15, 0.2) is 176 Å². The van der Waals surface area contributed by atoms with Gasteiger partial charge < -0.3 is 4.90 Å². The molecule has 2 heterocycles. The third-order valence-corrected chi connectivity index (χ3v) is 14.0. The minimum Gasteiger partial charge on any atom is -0.309 e. The Bertz CT molecular complexity index is 3060. The highest BCUT2D eigenvalue weighted by molar-refractivity contribution is 7.27. The molecule has 0 bridgehead atoms. The van der Waals surface area contributed by atoms with Crippen molar-refractivity contribution in [2.45, 2.75) is 19.3 Å². The lowest BCUT2D eigenvalue weighted by molar-refractivity contribution is 0.661. The van der Waals surface area contributed by atoms with Crippen molar-refractivity contribution in [3.63, 3.8) is 0 Å². The summed E-state index contributed by atoms with van der Waals surface area (Å²) in [6, 6.07) is 65.0. The maximum atomic E-state index is 2.45. The van der Waals surface area contributed by atoms with Gasteiger partial charge in [-0.3, -0.25) is 0 Å². The Kier molecular flexibility index (Phi) is 7.01. The molecule has 2 aromatic heterocycles. The molecule has 1 nitrogen and oxygen atoms in total. The van der Waals surface area contributed by atoms with E-state index in [2.05, 4.69) is 195 Å². The minimum absolute atomic E-state index is 0.0342. The molecule has 0 saturated carbocycles. The molecule has 0 radical (unpaired) electrons. The van der Waals surface area contributed by atoms with E-state index in [1.165, 1.54) is 90.5 Å². The van der Waals surface area contributed by atoms with Crippen LogP contribution in [0.5, 0.6) is 0 Å². The molecule has 1 aliphatic rings. The van der Waals surface area contributed by atoms with Crippen molar-refractivity contribution in [3.05, 3.63) is 187 Å². The van der Waals surface area contributed by atoms with Crippen LogP contribution < -0.4 is 4.90 Å². The summed E-state index contributed by atoms with van der Waals surface area (Å²) < 4.78 is 5.34. The Balaban J connectivity index is 1.09. The largest absolute Gasteiger partial charge is 0.309 e. The molecule has 0 spiro atoms. The monoisotopic (exact) mass is 725 g/mol. The highest BCUT2D eigenvalue weighted by Crippen LogP contribution is 2.55. The molecule has 0 fully saturated rings. The van der Waals surface area contributed by atoms with Gasteiger partial charge in [-0.2, -0.15) is 0 Å². The molecule has 0 atom stereocenters. The Morgan fingerprint density at radius 2 is 0.981 bits per heavy atom. The molecule has 1 aliphatic carbocycles. The van der Waals surface area contributed by atoms with Gasteiger partial charge in [-0.05, 0) is 75.3 Å². The van der Waals surface area contributed by atoms with Crippen molar-refractivity contribution >= 4 is 80.1 Å². The first-order valence-electron chi connectivity index (χ1n) is 18.6. The lowest BCUT2D eigenvalue weighted by Gasteiger charge is -2.26. The van der Waals surface area contributed by atoms with Crippen molar-refractivity contribution < 1.29 is 0 Å². The first-order valence-corrected chi connectivity index (χ1v) is 20.2. The third-order valence-electron chi connectivity index (χ3n) is 11.5. The zero-order chi connectivity index (χ0) is 36.0. The molecule has 10 aromatic rings. The molecular weight excluding hydrogens is 691 g/mol. The van der Waals surface area contributed by atoms with Crippen LogP contribution in [0.3, 0.4) is 0 Å². The molecule has 0 N–H and O–H groups in total. The number of hydrogen-bond donors (Lipinski definition) is 0. The molecule has 256 valence electrons. The topological polar surface area (TPSA) is 3.24 Å². The van der Waals surface area contributed by atoms with E-state index in [0.717, 1.165) is 11.4 Å². The predicted octanol–water partition coefficient (Wildman–Crippen LogP) is 15.5. The number of nitrogens with zero attached hydrogens (tertiary/aromatic N) is 1. The van der Waals surface area contributed by atoms with Crippen molar-refractivity contribution in [3.8, 4) is 33.4 Å². The number of rotatable bonds is 5. The average Bonchev–Trinajstić information content (AvgIpc) is 3.87. The van der Waals surface area contributed by atoms with Gasteiger partial charge in [0.1, 0.15) is 0 Å². The van der Waals surface area contributed by atoms with E-state index in [-0.39, 0.29) is 5.41 Å². The summed E-state index contributed by atoms with van der Waals surface area (Å²) in [5.74, 6) is 0. The van der Waals surface area contributed by atoms with Gasteiger partial charge in [0.05, 0.1) is 10.4 Å². The quantitative estimate of drug-likeness (QED) is 0.171. The fraction of sp³-hybridized carbons (Fsp3) is 0.0588. The molecule has 11 rings (SSSR count). The van der Waals surface area contributed by atoms with Gasteiger partial charge in [0, 0.05) is 58.0 Å². The van der Waals surface area contributed by atoms with Crippen LogP contribution in [0, 0.1) is 0 Å². The molecular formula is C51H35NS2. The number of hydrogen-bond acceptors (Lipinski definition) is 3. The Morgan fingerprint density at radius 3 is 1.78 bits per heavy atom. The summed E-state index contributed by atoms with van der Waals surface area (Å²) in [5, 5.41) is 5.28. The lowest BCUT2D eigenvalue weighted by atomic mass is 9.82. The number of anilines is 3. The fourth-order valence-electron chi connectivity index (χ4n) is 8.83. The molecule has 54 heavy (non-hydrogen) atoms. The summed E-state index contributed by atoms with van der Waals surface area (Å²) >= 11 is 3.82. The number of benzene rings is 8. The van der Waals surface area contributed by atoms with Crippen molar-refractivity contribution in [2.75, 3.05) is 4.90 Å². The van der Waals surface area contributed by atoms with E-state index in [1.54, 1.807) is 0 Å². The molecule has 0 saturated heterocycles. The predicted molar refractivity (Wildman–Crippen MR) is 235 cm³/mol. The number of fused-ring (bicyclic) bond motifs is 10. The first kappa shape index (κ1) is 31.5. The lowest BCUT2D eigenvalue weighted by Crippen LogP contribution is -2.14. The highest BCUT2D eigenvalue weighted by atomic mass is 32.1. The van der Waals surface area contributed by atoms with E-state index < -0.39 is 0 Å². The van der Waals surface area contributed by atoms with Gasteiger partial charge in [0.15, 0.2) is 0 Å². The Morgan fingerprint density at radius 1 is 0.389 bits per heavy atom. The van der Waals surface area contributed by atoms with Crippen molar-refractivity contribution in [1.82, 2.24) is 0 Å². The van der Waals surface area contributed by atoms with Gasteiger partial charge in [0.2, 0.25) is 0 Å². The summed E-state index contributed by atoms with van der Waals surface area (Å²) in [5.41, 5.74) is 14.0. The van der Waals surface area contributed by atoms with Crippen LogP contribution in [0.2, 0.25) is 0 Å². The highest BCUT2D eigenvalue weighted by Gasteiger charge is 2.37. The zero-order valence-electron chi connectivity index (χ0n) is 30.0. The smallest absolute Gasteiger partial charge is 0.0640 e. The summed E-state index contributed by atoms with van der Waals surface area (Å²) in [7, 11) is 0. The standard InChI is InChI=1S/C51H35NS2/c1-51(2)43-19-8-6-15-42(43)47-44(51)31-30-41-40-18-11-20-45(49(40)54-50(41)47)52(35-26-22-33(23-27-35)32-12-4-3-5-13-32)36-28-24-34(25-29-36)37-16-10-17-39-38-14-7-9-21-46(38)53-48(37)39/h3-31H,1-2H3. The second-order valence-electron chi connectivity index (χ2n) is 14.9. The van der Waals surface area contributed by atoms with E-state index in [4.69, 9.17) is 0 Å². The Labute approximate surface area is 323 Å². The second kappa shape index (κ2) is 12.0. The van der Waals surface area contributed by atoms with Crippen LogP contribution in [0.4, 0.5) is 17.1 Å². The normalized spacial score (nSPS) is 13.1. The van der Waals surface area contributed by atoms with Crippen LogP contribution in [0.25, 0.3) is 73.7 Å². The third kappa shape index (κ3) is 4.69. The maximum absolute atomic E-state index is 2.45. The van der Waals surface area contributed by atoms with Gasteiger partial charge >= 0.3 is 0 Å². The molecule has 0 aliphatic heterocycles. The minimum atomic E-state index is -0.0342. The van der Waals surface area contributed by atoms with Gasteiger partial charge in [-0.25, -0.2) is 0 Å². The summed E-state index contributed by atoms with van der Waals surface area (Å²) in [6.45, 7) is 4.74. The van der Waals surface area contributed by atoms with Crippen molar-refractivity contribution in [1.29, 1.82) is 0 Å². The van der Waals surface area contributed by atoms with E-state index in [9.17, 15) is 0 Å². The van der Waals surface area contributed by atoms with Crippen LogP contribution in [-0.2, 0) is 5.41 Å². The Hall–Kier alpha value is -6.00. The average molecular weight is 726 g/mol. The van der Waals surface area contributed by atoms with Crippen LogP contribution >= 0.6 is 22.7 Å². The molecule has 8 aromatic carbocycles. The van der Waals surface area contributed by atoms with Gasteiger partial charge in [0.25, 0.3) is 0 Å². The SMILES string of the molecule is CC1(C)c2ccccc2-c2c1ccc1c2sc2c(N(c3ccc(-c4ccccc4)cc3)c3ccc(-c4cccc5c4sc4ccccc45)cc3)cccc21. The van der Waals surface area contributed by atoms with E-state index in [1.807, 2.05) is 22.7 Å². The van der Waals surface area contributed by atoms with Gasteiger partial charge in [-0.15, -0.1) is 22.7 Å². The second-order valence-corrected chi connectivity index (χ2v) is 16.9. The van der Waals surface area contributed by atoms with Crippen molar-refractivity contribution in [2.24, 2.45) is 0 Å². The van der Waals surface area contributed by atoms with Crippen LogP contribution in [-0.4, -0.2) is 0 Å². The van der Waals surface area contributed by atoms with Crippen LogP contribution in [0.1, 0.15) is 25.0 Å². The van der Waals surface area contributed by atoms with Gasteiger partial charge in [-0.1, -0.05) is 153 Å². The molecule has 0 amide bonds. The maximum Gasteiger partial charge on any atom is 0.0640 e. The van der Waals surface area contributed by atoms with E-state index >= 15 is 0 Å². The zero-order valence-corrected chi connectivity index (χ0v) is 31.6. The molecule has 3 heteroatoms. The summed E-state index contributed by atoms with van der Waals surface area (Å²) in [4.78, 5) is 2.45.